The van der Waals surface area contributed by atoms with Gasteiger partial charge in [-0.05, 0) is 45.3 Å². The molecule has 0 aliphatic rings. The summed E-state index contributed by atoms with van der Waals surface area (Å²) in [6.07, 6.45) is 4.25. The molecule has 0 heterocycles. The molecular formula is C10H23N3O2. The van der Waals surface area contributed by atoms with E-state index < -0.39 is 12.0 Å². The summed E-state index contributed by atoms with van der Waals surface area (Å²) in [5.41, 5.74) is 10.7. The van der Waals surface area contributed by atoms with Crippen molar-refractivity contribution in [2.24, 2.45) is 11.5 Å². The largest absolute Gasteiger partial charge is 0.480 e. The quantitative estimate of drug-likeness (QED) is 0.383. The van der Waals surface area contributed by atoms with Crippen LogP contribution in [0.5, 0.6) is 0 Å². The molecule has 5 heteroatoms. The predicted octanol–water partition coefficient (Wildman–Crippen LogP) is -0.103. The molecule has 15 heavy (non-hydrogen) atoms. The fourth-order valence-corrected chi connectivity index (χ4v) is 1.35. The van der Waals surface area contributed by atoms with Crippen molar-refractivity contribution < 1.29 is 9.90 Å². The number of rotatable bonds is 10. The highest BCUT2D eigenvalue weighted by Crippen LogP contribution is 2.01. The SMILES string of the molecule is NCCCCNC(CCCCN)C(=O)O. The van der Waals surface area contributed by atoms with E-state index in [1.54, 1.807) is 0 Å². The topological polar surface area (TPSA) is 101 Å². The third-order valence-electron chi connectivity index (χ3n) is 2.27. The summed E-state index contributed by atoms with van der Waals surface area (Å²) in [6.45, 7) is 2.00. The number of carboxylic acid groups (broad SMARTS) is 1. The maximum absolute atomic E-state index is 10.8. The van der Waals surface area contributed by atoms with Crippen LogP contribution in [0.15, 0.2) is 0 Å². The van der Waals surface area contributed by atoms with Crippen molar-refractivity contribution in [2.45, 2.75) is 38.1 Å². The molecule has 0 aromatic rings. The standard InChI is InChI=1S/C10H23N3O2/c11-6-2-1-5-9(10(14)15)13-8-4-3-7-12/h9,13H,1-8,11-12H2,(H,14,15). The van der Waals surface area contributed by atoms with Crippen molar-refractivity contribution in [1.29, 1.82) is 0 Å². The molecule has 0 aliphatic carbocycles. The zero-order valence-electron chi connectivity index (χ0n) is 9.24. The second-order valence-corrected chi connectivity index (χ2v) is 3.63. The van der Waals surface area contributed by atoms with Crippen molar-refractivity contribution in [3.05, 3.63) is 0 Å². The molecular weight excluding hydrogens is 194 g/mol. The molecule has 0 radical (unpaired) electrons. The summed E-state index contributed by atoms with van der Waals surface area (Å²) >= 11 is 0. The third-order valence-corrected chi connectivity index (χ3v) is 2.27. The van der Waals surface area contributed by atoms with Gasteiger partial charge in [-0.25, -0.2) is 0 Å². The normalized spacial score (nSPS) is 12.7. The first-order valence-corrected chi connectivity index (χ1v) is 5.58. The number of unbranched alkanes of at least 4 members (excludes halogenated alkanes) is 2. The summed E-state index contributed by atoms with van der Waals surface area (Å²) in [7, 11) is 0. The van der Waals surface area contributed by atoms with Gasteiger partial charge in [-0.15, -0.1) is 0 Å². The molecule has 0 spiro atoms. The highest BCUT2D eigenvalue weighted by atomic mass is 16.4. The molecule has 0 aliphatic heterocycles. The second-order valence-electron chi connectivity index (χ2n) is 3.63. The Labute approximate surface area is 91.2 Å². The lowest BCUT2D eigenvalue weighted by atomic mass is 10.1. The Morgan fingerprint density at radius 1 is 1.13 bits per heavy atom. The van der Waals surface area contributed by atoms with Crippen molar-refractivity contribution in [2.75, 3.05) is 19.6 Å². The van der Waals surface area contributed by atoms with Crippen LogP contribution in [0.4, 0.5) is 0 Å². The van der Waals surface area contributed by atoms with Gasteiger partial charge in [-0.1, -0.05) is 6.42 Å². The van der Waals surface area contributed by atoms with Crippen LogP contribution >= 0.6 is 0 Å². The van der Waals surface area contributed by atoms with Crippen LogP contribution in [0.25, 0.3) is 0 Å². The van der Waals surface area contributed by atoms with Crippen molar-refractivity contribution >= 4 is 5.97 Å². The molecule has 90 valence electrons. The highest BCUT2D eigenvalue weighted by molar-refractivity contribution is 5.73. The number of hydrogen-bond acceptors (Lipinski definition) is 4. The van der Waals surface area contributed by atoms with Crippen LogP contribution in [0.3, 0.4) is 0 Å². The van der Waals surface area contributed by atoms with Gasteiger partial charge in [0.25, 0.3) is 0 Å². The number of carboxylic acids is 1. The molecule has 6 N–H and O–H groups in total. The molecule has 1 unspecified atom stereocenters. The first-order valence-electron chi connectivity index (χ1n) is 5.58. The molecule has 0 saturated carbocycles. The van der Waals surface area contributed by atoms with E-state index in [2.05, 4.69) is 5.32 Å². The summed E-state index contributed by atoms with van der Waals surface area (Å²) in [5.74, 6) is -0.778. The van der Waals surface area contributed by atoms with E-state index in [0.29, 0.717) is 19.5 Å². The summed E-state index contributed by atoms with van der Waals surface area (Å²) in [4.78, 5) is 10.8. The molecule has 1 atom stereocenters. The number of nitrogens with two attached hydrogens (primary N) is 2. The Bertz CT molecular complexity index is 165. The summed E-state index contributed by atoms with van der Waals surface area (Å²) < 4.78 is 0. The Morgan fingerprint density at radius 3 is 2.27 bits per heavy atom. The minimum atomic E-state index is -0.778. The van der Waals surface area contributed by atoms with Crippen LogP contribution in [0, 0.1) is 0 Å². The van der Waals surface area contributed by atoms with Crippen LogP contribution in [-0.4, -0.2) is 36.8 Å². The van der Waals surface area contributed by atoms with Gasteiger partial charge in [0.2, 0.25) is 0 Å². The molecule has 5 nitrogen and oxygen atoms in total. The fraction of sp³-hybridized carbons (Fsp3) is 0.900. The van der Waals surface area contributed by atoms with Gasteiger partial charge in [0.05, 0.1) is 0 Å². The average molecular weight is 217 g/mol. The van der Waals surface area contributed by atoms with E-state index in [1.807, 2.05) is 0 Å². The minimum Gasteiger partial charge on any atom is -0.480 e. The van der Waals surface area contributed by atoms with Crippen LogP contribution in [0.1, 0.15) is 32.1 Å². The number of hydrogen-bond donors (Lipinski definition) is 4. The van der Waals surface area contributed by atoms with Crippen molar-refractivity contribution in [3.8, 4) is 0 Å². The van der Waals surface area contributed by atoms with E-state index >= 15 is 0 Å². The molecule has 0 amide bonds. The summed E-state index contributed by atoms with van der Waals surface area (Å²) in [6, 6.07) is -0.436. The first kappa shape index (κ1) is 14.3. The third kappa shape index (κ3) is 8.35. The first-order chi connectivity index (χ1) is 7.22. The summed E-state index contributed by atoms with van der Waals surface area (Å²) in [5, 5.41) is 11.9. The molecule has 0 fully saturated rings. The van der Waals surface area contributed by atoms with E-state index in [0.717, 1.165) is 32.2 Å². The Hall–Kier alpha value is -0.650. The van der Waals surface area contributed by atoms with E-state index in [1.165, 1.54) is 0 Å². The second kappa shape index (κ2) is 9.89. The average Bonchev–Trinajstić information content (AvgIpc) is 2.21. The van der Waals surface area contributed by atoms with Crippen LogP contribution in [-0.2, 0) is 4.79 Å². The van der Waals surface area contributed by atoms with Gasteiger partial charge < -0.3 is 21.9 Å². The predicted molar refractivity (Wildman–Crippen MR) is 60.6 cm³/mol. The molecule has 0 saturated heterocycles. The molecule has 0 aromatic heterocycles. The van der Waals surface area contributed by atoms with Gasteiger partial charge in [0.1, 0.15) is 6.04 Å². The number of aliphatic carboxylic acids is 1. The highest BCUT2D eigenvalue weighted by Gasteiger charge is 2.14. The maximum Gasteiger partial charge on any atom is 0.320 e. The molecule has 0 aromatic carbocycles. The zero-order chi connectivity index (χ0) is 11.5. The van der Waals surface area contributed by atoms with Crippen LogP contribution < -0.4 is 16.8 Å². The van der Waals surface area contributed by atoms with E-state index in [-0.39, 0.29) is 0 Å². The number of carbonyl (C=O) groups is 1. The van der Waals surface area contributed by atoms with E-state index in [9.17, 15) is 4.79 Å². The minimum absolute atomic E-state index is 0.436. The van der Waals surface area contributed by atoms with Gasteiger partial charge in [-0.3, -0.25) is 4.79 Å². The Kier molecular flexibility index (Phi) is 9.46. The van der Waals surface area contributed by atoms with Crippen molar-refractivity contribution in [1.82, 2.24) is 5.32 Å². The molecule has 0 bridgehead atoms. The smallest absolute Gasteiger partial charge is 0.320 e. The molecule has 0 rings (SSSR count). The number of nitrogens with one attached hydrogen (secondary N) is 1. The lowest BCUT2D eigenvalue weighted by Gasteiger charge is -2.13. The maximum atomic E-state index is 10.8. The van der Waals surface area contributed by atoms with Crippen LogP contribution in [0.2, 0.25) is 0 Å². The Balaban J connectivity index is 3.59. The fourth-order valence-electron chi connectivity index (χ4n) is 1.35. The van der Waals surface area contributed by atoms with Gasteiger partial charge in [0, 0.05) is 0 Å². The van der Waals surface area contributed by atoms with Crippen molar-refractivity contribution in [3.63, 3.8) is 0 Å². The van der Waals surface area contributed by atoms with Gasteiger partial charge in [0.15, 0.2) is 0 Å². The zero-order valence-corrected chi connectivity index (χ0v) is 9.24. The van der Waals surface area contributed by atoms with Gasteiger partial charge in [-0.2, -0.15) is 0 Å². The lowest BCUT2D eigenvalue weighted by Crippen LogP contribution is -2.37. The van der Waals surface area contributed by atoms with Gasteiger partial charge >= 0.3 is 5.97 Å². The monoisotopic (exact) mass is 217 g/mol. The van der Waals surface area contributed by atoms with E-state index in [4.69, 9.17) is 16.6 Å². The lowest BCUT2D eigenvalue weighted by molar-refractivity contribution is -0.139. The Morgan fingerprint density at radius 2 is 1.73 bits per heavy atom.